The molecule has 0 saturated heterocycles. The minimum atomic E-state index is -3.19. The van der Waals surface area contributed by atoms with Gasteiger partial charge in [-0.3, -0.25) is 4.79 Å². The van der Waals surface area contributed by atoms with Gasteiger partial charge < -0.3 is 0 Å². The zero-order chi connectivity index (χ0) is 15.7. The van der Waals surface area contributed by atoms with Crippen LogP contribution in [0.1, 0.15) is 27.9 Å². The van der Waals surface area contributed by atoms with Crippen molar-refractivity contribution in [2.45, 2.75) is 17.7 Å². The van der Waals surface area contributed by atoms with Crippen molar-refractivity contribution in [1.82, 2.24) is 0 Å². The van der Waals surface area contributed by atoms with Crippen molar-refractivity contribution in [2.75, 3.05) is 6.26 Å². The van der Waals surface area contributed by atoms with Gasteiger partial charge in [-0.15, -0.1) is 0 Å². The molecule has 1 aliphatic rings. The fraction of sp³-hybridized carbons (Fsp3) is 0.167. The summed E-state index contributed by atoms with van der Waals surface area (Å²) in [5, 5.41) is 0. The number of carbonyl (C=O) groups excluding carboxylic acids is 1. The molecule has 0 spiro atoms. The van der Waals surface area contributed by atoms with Gasteiger partial charge in [-0.1, -0.05) is 36.4 Å². The molecular formula is C18H16O3S. The largest absolute Gasteiger partial charge is 0.289 e. The van der Waals surface area contributed by atoms with Gasteiger partial charge in [-0.25, -0.2) is 8.42 Å². The van der Waals surface area contributed by atoms with Gasteiger partial charge in [-0.05, 0) is 42.2 Å². The minimum absolute atomic E-state index is 0.0639. The van der Waals surface area contributed by atoms with E-state index in [1.54, 1.807) is 24.3 Å². The van der Waals surface area contributed by atoms with Crippen molar-refractivity contribution in [2.24, 2.45) is 0 Å². The van der Waals surface area contributed by atoms with Crippen molar-refractivity contribution >= 4 is 21.7 Å². The second-order valence-corrected chi connectivity index (χ2v) is 7.51. The van der Waals surface area contributed by atoms with E-state index < -0.39 is 9.84 Å². The number of carbonyl (C=O) groups is 1. The normalized spacial score (nSPS) is 16.6. The predicted molar refractivity (Wildman–Crippen MR) is 86.6 cm³/mol. The summed E-state index contributed by atoms with van der Waals surface area (Å²) < 4.78 is 22.9. The zero-order valence-corrected chi connectivity index (χ0v) is 13.1. The van der Waals surface area contributed by atoms with Crippen LogP contribution in [0.4, 0.5) is 0 Å². The zero-order valence-electron chi connectivity index (χ0n) is 12.2. The Kier molecular flexibility index (Phi) is 3.71. The van der Waals surface area contributed by atoms with Crippen molar-refractivity contribution in [1.29, 1.82) is 0 Å². The number of benzene rings is 2. The lowest BCUT2D eigenvalue weighted by molar-refractivity contribution is 0.102. The number of hydrogen-bond acceptors (Lipinski definition) is 3. The van der Waals surface area contributed by atoms with Crippen LogP contribution in [0.15, 0.2) is 59.0 Å². The van der Waals surface area contributed by atoms with Crippen LogP contribution in [0.5, 0.6) is 0 Å². The maximum absolute atomic E-state index is 12.5. The quantitative estimate of drug-likeness (QED) is 0.800. The Morgan fingerprint density at radius 1 is 0.955 bits per heavy atom. The van der Waals surface area contributed by atoms with Gasteiger partial charge in [0.05, 0.1) is 4.90 Å². The molecule has 112 valence electrons. The van der Waals surface area contributed by atoms with E-state index in [2.05, 4.69) is 0 Å². The molecule has 0 bridgehead atoms. The summed E-state index contributed by atoms with van der Waals surface area (Å²) in [6, 6.07) is 14.3. The molecule has 0 fully saturated rings. The van der Waals surface area contributed by atoms with Crippen molar-refractivity contribution in [3.05, 3.63) is 70.8 Å². The highest BCUT2D eigenvalue weighted by Crippen LogP contribution is 2.26. The first-order valence-electron chi connectivity index (χ1n) is 7.08. The molecule has 2 aromatic rings. The number of ketones is 1. The molecule has 1 aliphatic carbocycles. The maximum atomic E-state index is 12.5. The molecule has 0 unspecified atom stereocenters. The smallest absolute Gasteiger partial charge is 0.189 e. The van der Waals surface area contributed by atoms with Crippen molar-refractivity contribution in [3.63, 3.8) is 0 Å². The molecule has 0 amide bonds. The number of hydrogen-bond donors (Lipinski definition) is 0. The lowest BCUT2D eigenvalue weighted by atomic mass is 9.86. The second kappa shape index (κ2) is 5.54. The third-order valence-corrected chi connectivity index (χ3v) is 4.99. The standard InChI is InChI=1S/C18H16O3S/c1-22(20,21)16-10-6-13(7-11-16)12-15-9-8-14-4-2-3-5-17(14)18(15)19/h2-7,10-12H,8-9H2,1H3. The summed E-state index contributed by atoms with van der Waals surface area (Å²) in [4.78, 5) is 12.8. The van der Waals surface area contributed by atoms with E-state index in [4.69, 9.17) is 0 Å². The average Bonchev–Trinajstić information content (AvgIpc) is 2.50. The van der Waals surface area contributed by atoms with E-state index in [0.29, 0.717) is 6.42 Å². The van der Waals surface area contributed by atoms with E-state index in [-0.39, 0.29) is 10.7 Å². The number of sulfone groups is 1. The SMILES string of the molecule is CS(=O)(=O)c1ccc(C=C2CCc3ccccc3C2=O)cc1. The van der Waals surface area contributed by atoms with Crippen LogP contribution in [0.3, 0.4) is 0 Å². The van der Waals surface area contributed by atoms with E-state index >= 15 is 0 Å². The molecule has 0 radical (unpaired) electrons. The Hall–Kier alpha value is -2.20. The molecule has 0 N–H and O–H groups in total. The predicted octanol–water partition coefficient (Wildman–Crippen LogP) is 3.30. The highest BCUT2D eigenvalue weighted by atomic mass is 32.2. The lowest BCUT2D eigenvalue weighted by Gasteiger charge is -2.17. The van der Waals surface area contributed by atoms with Gasteiger partial charge in [0.25, 0.3) is 0 Å². The Morgan fingerprint density at radius 2 is 1.64 bits per heavy atom. The molecule has 0 aliphatic heterocycles. The van der Waals surface area contributed by atoms with Gasteiger partial charge in [0, 0.05) is 17.4 Å². The van der Waals surface area contributed by atoms with Crippen LogP contribution in [-0.2, 0) is 16.3 Å². The number of fused-ring (bicyclic) bond motifs is 1. The Balaban J connectivity index is 1.92. The van der Waals surface area contributed by atoms with Crippen LogP contribution in [0.25, 0.3) is 6.08 Å². The summed E-state index contributed by atoms with van der Waals surface area (Å²) in [6.45, 7) is 0. The number of aryl methyl sites for hydroxylation is 1. The number of allylic oxidation sites excluding steroid dienone is 1. The van der Waals surface area contributed by atoms with E-state index in [1.165, 1.54) is 6.26 Å². The van der Waals surface area contributed by atoms with Gasteiger partial charge >= 0.3 is 0 Å². The van der Waals surface area contributed by atoms with Gasteiger partial charge in [0.2, 0.25) is 0 Å². The highest BCUT2D eigenvalue weighted by molar-refractivity contribution is 7.90. The fourth-order valence-electron chi connectivity index (χ4n) is 2.67. The molecular weight excluding hydrogens is 296 g/mol. The summed E-state index contributed by atoms with van der Waals surface area (Å²) in [6.07, 6.45) is 4.60. The molecule has 3 nitrogen and oxygen atoms in total. The second-order valence-electron chi connectivity index (χ2n) is 5.50. The van der Waals surface area contributed by atoms with E-state index in [1.807, 2.05) is 30.3 Å². The van der Waals surface area contributed by atoms with Gasteiger partial charge in [0.15, 0.2) is 15.6 Å². The third-order valence-electron chi connectivity index (χ3n) is 3.87. The topological polar surface area (TPSA) is 51.2 Å². The fourth-order valence-corrected chi connectivity index (χ4v) is 3.30. The Labute approximate surface area is 130 Å². The summed E-state index contributed by atoms with van der Waals surface area (Å²) in [5.41, 5.74) is 3.48. The summed E-state index contributed by atoms with van der Waals surface area (Å²) in [5.74, 6) is 0.0639. The lowest BCUT2D eigenvalue weighted by Crippen LogP contribution is -2.13. The van der Waals surface area contributed by atoms with Crippen LogP contribution < -0.4 is 0 Å². The third kappa shape index (κ3) is 2.88. The molecule has 0 heterocycles. The van der Waals surface area contributed by atoms with Crippen LogP contribution >= 0.6 is 0 Å². The monoisotopic (exact) mass is 312 g/mol. The van der Waals surface area contributed by atoms with Crippen molar-refractivity contribution in [3.8, 4) is 0 Å². The van der Waals surface area contributed by atoms with Crippen LogP contribution in [0, 0.1) is 0 Å². The number of Topliss-reactive ketones (excluding diaryl/α,β-unsaturated/α-hetero) is 1. The first kappa shape index (κ1) is 14.7. The van der Waals surface area contributed by atoms with Gasteiger partial charge in [0.1, 0.15) is 0 Å². The minimum Gasteiger partial charge on any atom is -0.289 e. The molecule has 2 aromatic carbocycles. The van der Waals surface area contributed by atoms with E-state index in [9.17, 15) is 13.2 Å². The van der Waals surface area contributed by atoms with Crippen molar-refractivity contribution < 1.29 is 13.2 Å². The first-order valence-corrected chi connectivity index (χ1v) is 8.97. The summed E-state index contributed by atoms with van der Waals surface area (Å²) in [7, 11) is -3.19. The molecule has 4 heteroatoms. The van der Waals surface area contributed by atoms with Gasteiger partial charge in [-0.2, -0.15) is 0 Å². The molecule has 0 saturated carbocycles. The molecule has 0 atom stereocenters. The molecule has 22 heavy (non-hydrogen) atoms. The average molecular weight is 312 g/mol. The Morgan fingerprint density at radius 3 is 2.32 bits per heavy atom. The Bertz CT molecular complexity index is 859. The van der Waals surface area contributed by atoms with E-state index in [0.717, 1.165) is 28.7 Å². The first-order chi connectivity index (χ1) is 10.4. The maximum Gasteiger partial charge on any atom is 0.189 e. The molecule has 0 aromatic heterocycles. The highest BCUT2D eigenvalue weighted by Gasteiger charge is 2.21. The summed E-state index contributed by atoms with van der Waals surface area (Å²) >= 11 is 0. The molecule has 3 rings (SSSR count). The van der Waals surface area contributed by atoms with Crippen LogP contribution in [0.2, 0.25) is 0 Å². The van der Waals surface area contributed by atoms with Crippen LogP contribution in [-0.4, -0.2) is 20.5 Å². The number of rotatable bonds is 2.